The van der Waals surface area contributed by atoms with Crippen LogP contribution in [0.5, 0.6) is 0 Å². The molecule has 0 aromatic rings. The summed E-state index contributed by atoms with van der Waals surface area (Å²) in [5.74, 6) is -1.05. The van der Waals surface area contributed by atoms with E-state index in [2.05, 4.69) is 40.7 Å². The highest BCUT2D eigenvalue weighted by atomic mass is 16.8. The molecule has 0 radical (unpaired) electrons. The molecule has 38 atom stereocenters. The summed E-state index contributed by atoms with van der Waals surface area (Å²) in [6.07, 6.45) is -42.2. The van der Waals surface area contributed by atoms with Crippen molar-refractivity contribution in [3.63, 3.8) is 0 Å². The largest absolute Gasteiger partial charge is 0.432 e. The molecule has 4 saturated carbocycles. The molecule has 6 saturated heterocycles. The fraction of sp³-hybridized carbons (Fsp3) is 0.954. The molecule has 10 fully saturated rings. The maximum absolute atomic E-state index is 15.2. The molecule has 6 aliphatic heterocycles. The summed E-state index contributed by atoms with van der Waals surface area (Å²) >= 11 is 0. The van der Waals surface area contributed by atoms with Gasteiger partial charge in [0.2, 0.25) is 6.29 Å². The van der Waals surface area contributed by atoms with Gasteiger partial charge in [-0.2, -0.15) is 0 Å². The van der Waals surface area contributed by atoms with Crippen LogP contribution in [0.25, 0.3) is 0 Å². The van der Waals surface area contributed by atoms with Gasteiger partial charge < -0.3 is 154 Å². The number of allylic oxidation sites excluding steroid dienone is 2. The Hall–Kier alpha value is -1.99. The molecular weight excluding hydrogens is 1290 g/mol. The van der Waals surface area contributed by atoms with Gasteiger partial charge in [-0.25, -0.2) is 0 Å². The van der Waals surface area contributed by atoms with Crippen LogP contribution in [-0.4, -0.2) is 327 Å². The number of carbonyl (C=O) groups is 1. The predicted octanol–water partition coefficient (Wildman–Crippen LogP) is -5.75. The Morgan fingerprint density at radius 3 is 1.66 bits per heavy atom. The first kappa shape index (κ1) is 76.1. The second-order valence-corrected chi connectivity index (χ2v) is 31.3. The van der Waals surface area contributed by atoms with Crippen LogP contribution >= 0.6 is 0 Å². The number of aliphatic hydroxyl groups is 19. The molecule has 19 N–H and O–H groups in total. The average molecular weight is 1400 g/mol. The van der Waals surface area contributed by atoms with E-state index in [4.69, 9.17) is 56.8 Å². The molecule has 5 aliphatic carbocycles. The van der Waals surface area contributed by atoms with Gasteiger partial charge in [0.1, 0.15) is 134 Å². The van der Waals surface area contributed by atoms with Gasteiger partial charge in [0.25, 0.3) is 0 Å². The van der Waals surface area contributed by atoms with E-state index >= 15 is 4.79 Å². The van der Waals surface area contributed by atoms with Crippen molar-refractivity contribution in [2.24, 2.45) is 50.2 Å². The van der Waals surface area contributed by atoms with E-state index in [1.807, 2.05) is 6.92 Å². The molecule has 6 heterocycles. The minimum absolute atomic E-state index is 0.0526. The fourth-order valence-electron chi connectivity index (χ4n) is 19.0. The van der Waals surface area contributed by atoms with Gasteiger partial charge in [0, 0.05) is 5.41 Å². The maximum atomic E-state index is 15.2. The predicted molar refractivity (Wildman–Crippen MR) is 322 cm³/mol. The lowest BCUT2D eigenvalue weighted by Gasteiger charge is -2.71. The molecule has 0 bridgehead atoms. The van der Waals surface area contributed by atoms with Crippen LogP contribution in [0.1, 0.15) is 113 Å². The molecule has 32 nitrogen and oxygen atoms in total. The van der Waals surface area contributed by atoms with E-state index in [9.17, 15) is 97.0 Å². The summed E-state index contributed by atoms with van der Waals surface area (Å²) in [5.41, 5.74) is -2.30. The van der Waals surface area contributed by atoms with Crippen LogP contribution in [0.15, 0.2) is 11.6 Å². The monoisotopic (exact) mass is 1400 g/mol. The van der Waals surface area contributed by atoms with Crippen molar-refractivity contribution in [2.75, 3.05) is 39.6 Å². The SMILES string of the molecule is C[C@@H]1O[C@@H](O[C@H]2[C@H](O[C@H]3CC[C@@]4(C)[C@H](CC[C@@]5(C)[C@H]4CC=C4[C@@H]6CC(C)(C)CC[C@]6(C(=O)O[C@@H]6O[C@H](CO[C@@H]7O[C@H](CO)[C@@H](O)[C@H](O)[C@H]7O)[C@@H](O)[C@H](O)[C@H]6O)CC[C@]45C)[C@]3(C)CO)OC[C@H](O)[C@@H]2O)[C@H](O)[C@H](O[C@@H]2O[C@H](CO)[C@@H](O[C@@H]3O[C@H](CO)[C@@H](O)[C@H](O)[C@H]3O)[C@H](O)[C@H]2O)[C@H]1O. The van der Waals surface area contributed by atoms with Crippen molar-refractivity contribution in [2.45, 2.75) is 297 Å². The van der Waals surface area contributed by atoms with Crippen LogP contribution in [0.2, 0.25) is 0 Å². The number of ether oxygens (including phenoxy) is 12. The lowest BCUT2D eigenvalue weighted by Crippen LogP contribution is -2.67. The van der Waals surface area contributed by atoms with Crippen LogP contribution in [0.3, 0.4) is 0 Å². The number of aliphatic hydroxyl groups excluding tert-OH is 19. The molecule has 11 aliphatic rings. The molecule has 0 unspecified atom stereocenters. The summed E-state index contributed by atoms with van der Waals surface area (Å²) in [6.45, 7) is 10.9. The molecule has 558 valence electrons. The van der Waals surface area contributed by atoms with Crippen molar-refractivity contribution in [1.29, 1.82) is 0 Å². The minimum atomic E-state index is -2.06. The zero-order chi connectivity index (χ0) is 70.7. The first-order valence-corrected chi connectivity index (χ1v) is 34.3. The molecule has 0 amide bonds. The van der Waals surface area contributed by atoms with Crippen molar-refractivity contribution in [3.8, 4) is 0 Å². The van der Waals surface area contributed by atoms with Gasteiger partial charge in [-0.15, -0.1) is 0 Å². The Balaban J connectivity index is 0.772. The summed E-state index contributed by atoms with van der Waals surface area (Å²) in [6, 6.07) is 0. The number of carbonyl (C=O) groups excluding carboxylic acids is 1. The van der Waals surface area contributed by atoms with Gasteiger partial charge in [-0.3, -0.25) is 4.79 Å². The number of fused-ring (bicyclic) bond motifs is 7. The Morgan fingerprint density at radius 2 is 1.03 bits per heavy atom. The van der Waals surface area contributed by atoms with Crippen LogP contribution in [0, 0.1) is 50.2 Å². The molecule has 0 aromatic heterocycles. The van der Waals surface area contributed by atoms with E-state index in [0.29, 0.717) is 57.8 Å². The second-order valence-electron chi connectivity index (χ2n) is 31.3. The van der Waals surface area contributed by atoms with E-state index in [1.54, 1.807) is 0 Å². The quantitative estimate of drug-likeness (QED) is 0.0366. The van der Waals surface area contributed by atoms with Gasteiger partial charge in [0.15, 0.2) is 31.5 Å². The van der Waals surface area contributed by atoms with E-state index in [1.165, 1.54) is 6.92 Å². The molecular formula is C65H106O32. The van der Waals surface area contributed by atoms with Crippen LogP contribution in [-0.2, 0) is 61.6 Å². The lowest BCUT2D eigenvalue weighted by molar-refractivity contribution is -0.390. The van der Waals surface area contributed by atoms with Crippen LogP contribution in [0.4, 0.5) is 0 Å². The summed E-state index contributed by atoms with van der Waals surface area (Å²) in [7, 11) is 0. The molecule has 0 spiro atoms. The zero-order valence-corrected chi connectivity index (χ0v) is 55.7. The van der Waals surface area contributed by atoms with Crippen molar-refractivity contribution in [3.05, 3.63) is 11.6 Å². The zero-order valence-electron chi connectivity index (χ0n) is 55.7. The van der Waals surface area contributed by atoms with Crippen molar-refractivity contribution in [1.82, 2.24) is 0 Å². The smallest absolute Gasteiger partial charge is 0.315 e. The van der Waals surface area contributed by atoms with Crippen molar-refractivity contribution < 1.29 is 159 Å². The van der Waals surface area contributed by atoms with Crippen molar-refractivity contribution >= 4 is 5.97 Å². The third-order valence-corrected chi connectivity index (χ3v) is 25.3. The number of rotatable bonds is 17. The summed E-state index contributed by atoms with van der Waals surface area (Å²) < 4.78 is 71.2. The van der Waals surface area contributed by atoms with Gasteiger partial charge in [0.05, 0.1) is 57.3 Å². The summed E-state index contributed by atoms with van der Waals surface area (Å²) in [4.78, 5) is 15.2. The fourth-order valence-corrected chi connectivity index (χ4v) is 19.0. The Labute approximate surface area is 561 Å². The second kappa shape index (κ2) is 28.8. The summed E-state index contributed by atoms with van der Waals surface area (Å²) in [5, 5.41) is 206. The lowest BCUT2D eigenvalue weighted by atomic mass is 9.33. The maximum Gasteiger partial charge on any atom is 0.315 e. The van der Waals surface area contributed by atoms with E-state index < -0.39 is 245 Å². The standard InChI is InChI=1S/C65H106O32/c1-25-36(71)51(95-55-48(83)44(79)50(31(21-68)91-55)94-54-46(81)42(77)39(74)30(20-67)90-54)49(84)57(88-25)96-52-37(72)28(70)22-86-58(52)93-35-11-12-61(4)33(62(35,5)24-69)10-13-64(7)34(61)9-8-26-27-18-60(2,3)14-16-65(27,17-15-63(26,64)6)59(85)97-56-47(82)43(78)40(75)32(92-56)23-87-53-45(80)41(76)38(73)29(19-66)89-53/h8,25,27-58,66-84H,9-24H2,1-7H3/t25-,27-,28-,29+,30+,31+,32+,33-,34-,35-,36-,37-,38+,39+,40+,41-,42-,43-,44+,45+,46+,47+,48+,49+,50+,51+,52+,53+,54-,55-,56-,57-,58-,61-,62-,63+,64-,65-/m0/s1. The highest BCUT2D eigenvalue weighted by molar-refractivity contribution is 5.79. The third kappa shape index (κ3) is 13.2. The average Bonchev–Trinajstić information content (AvgIpc) is 0.675. The normalized spacial score (nSPS) is 54.7. The Kier molecular flexibility index (Phi) is 22.6. The Morgan fingerprint density at radius 1 is 0.495 bits per heavy atom. The van der Waals surface area contributed by atoms with Crippen LogP contribution < -0.4 is 0 Å². The number of hydrogen-bond donors (Lipinski definition) is 19. The molecule has 0 aromatic carbocycles. The minimum Gasteiger partial charge on any atom is -0.432 e. The van der Waals surface area contributed by atoms with Gasteiger partial charge >= 0.3 is 5.97 Å². The van der Waals surface area contributed by atoms with Gasteiger partial charge in [-0.05, 0) is 111 Å². The first-order valence-electron chi connectivity index (χ1n) is 34.3. The molecule has 97 heavy (non-hydrogen) atoms. The highest BCUT2D eigenvalue weighted by Gasteiger charge is 2.71. The topological polar surface area (TPSA) is 512 Å². The third-order valence-electron chi connectivity index (χ3n) is 25.3. The molecule has 11 rings (SSSR count). The Bertz CT molecular complexity index is 2710. The highest BCUT2D eigenvalue weighted by Crippen LogP contribution is 2.76. The number of hydrogen-bond acceptors (Lipinski definition) is 32. The van der Waals surface area contributed by atoms with E-state index in [0.717, 1.165) is 12.0 Å². The number of esters is 1. The van der Waals surface area contributed by atoms with E-state index in [-0.39, 0.29) is 35.2 Å². The molecule has 32 heteroatoms. The van der Waals surface area contributed by atoms with Gasteiger partial charge in [-0.1, -0.05) is 53.2 Å². The first-order chi connectivity index (χ1) is 45.6.